The van der Waals surface area contributed by atoms with Crippen LogP contribution in [0, 0.1) is 10.1 Å². The zero-order valence-electron chi connectivity index (χ0n) is 12.0. The smallest absolute Gasteiger partial charge is 0.270 e. The molecule has 0 aromatic heterocycles. The van der Waals surface area contributed by atoms with E-state index in [1.54, 1.807) is 12.1 Å². The number of hydrogen-bond acceptors (Lipinski definition) is 4. The molecule has 0 bridgehead atoms. The second kappa shape index (κ2) is 6.32. The van der Waals surface area contributed by atoms with Crippen LogP contribution in [0.15, 0.2) is 22.7 Å². The van der Waals surface area contributed by atoms with Gasteiger partial charge in [-0.1, -0.05) is 0 Å². The maximum atomic E-state index is 10.8. The predicted molar refractivity (Wildman–Crippen MR) is 86.8 cm³/mol. The highest BCUT2D eigenvalue weighted by atomic mass is 79.9. The van der Waals surface area contributed by atoms with Crippen molar-refractivity contribution in [1.82, 2.24) is 4.90 Å². The molecule has 2 heterocycles. The van der Waals surface area contributed by atoms with Gasteiger partial charge in [0, 0.05) is 35.7 Å². The van der Waals surface area contributed by atoms with Gasteiger partial charge in [0.1, 0.15) is 0 Å². The van der Waals surface area contributed by atoms with Crippen molar-refractivity contribution in [3.63, 3.8) is 0 Å². The average Bonchev–Trinajstić information content (AvgIpc) is 3.01. The van der Waals surface area contributed by atoms with Crippen molar-refractivity contribution in [1.29, 1.82) is 0 Å². The van der Waals surface area contributed by atoms with Crippen molar-refractivity contribution < 1.29 is 4.92 Å². The zero-order valence-corrected chi connectivity index (χ0v) is 13.6. The second-order valence-electron chi connectivity index (χ2n) is 5.85. The molecule has 0 saturated carbocycles. The van der Waals surface area contributed by atoms with Gasteiger partial charge in [-0.15, -0.1) is 0 Å². The Kier molecular flexibility index (Phi) is 4.45. The van der Waals surface area contributed by atoms with Gasteiger partial charge in [-0.2, -0.15) is 0 Å². The highest BCUT2D eigenvalue weighted by Crippen LogP contribution is 2.32. The molecule has 114 valence electrons. The normalized spacial score (nSPS) is 20.9. The first-order valence-electron chi connectivity index (χ1n) is 7.58. The van der Waals surface area contributed by atoms with Gasteiger partial charge in [0.2, 0.25) is 0 Å². The summed E-state index contributed by atoms with van der Waals surface area (Å²) < 4.78 is 0.816. The summed E-state index contributed by atoms with van der Waals surface area (Å²) in [6.45, 7) is 4.56. The molecule has 0 aliphatic carbocycles. The molecule has 0 atom stereocenters. The number of hydrogen-bond donors (Lipinski definition) is 0. The highest BCUT2D eigenvalue weighted by Gasteiger charge is 2.27. The molecule has 2 saturated heterocycles. The fraction of sp³-hybridized carbons (Fsp3) is 0.600. The monoisotopic (exact) mass is 353 g/mol. The third kappa shape index (κ3) is 3.21. The summed E-state index contributed by atoms with van der Waals surface area (Å²) in [6, 6.07) is 5.77. The first-order valence-corrected chi connectivity index (χ1v) is 8.37. The lowest BCUT2D eigenvalue weighted by molar-refractivity contribution is -0.384. The van der Waals surface area contributed by atoms with E-state index in [9.17, 15) is 10.1 Å². The molecule has 21 heavy (non-hydrogen) atoms. The largest absolute Gasteiger partial charge is 0.370 e. The van der Waals surface area contributed by atoms with Crippen LogP contribution in [0.1, 0.15) is 25.7 Å². The first-order chi connectivity index (χ1) is 10.1. The fourth-order valence-electron chi connectivity index (χ4n) is 3.44. The van der Waals surface area contributed by atoms with Gasteiger partial charge in [-0.05, 0) is 60.8 Å². The third-order valence-corrected chi connectivity index (χ3v) is 5.24. The Morgan fingerprint density at radius 2 is 1.81 bits per heavy atom. The lowest BCUT2D eigenvalue weighted by Gasteiger charge is -2.38. The molecule has 6 heteroatoms. The fourth-order valence-corrected chi connectivity index (χ4v) is 4.06. The van der Waals surface area contributed by atoms with Crippen LogP contribution in [0.25, 0.3) is 0 Å². The Hall–Kier alpha value is -1.14. The van der Waals surface area contributed by atoms with Gasteiger partial charge in [0.25, 0.3) is 5.69 Å². The number of piperidine rings is 1. The van der Waals surface area contributed by atoms with Gasteiger partial charge in [-0.25, -0.2) is 0 Å². The molecule has 2 aliphatic rings. The van der Waals surface area contributed by atoms with Crippen LogP contribution in [0.3, 0.4) is 0 Å². The molecule has 0 N–H and O–H groups in total. The average molecular weight is 354 g/mol. The van der Waals surface area contributed by atoms with Crippen molar-refractivity contribution in [3.05, 3.63) is 32.8 Å². The molecule has 0 radical (unpaired) electrons. The van der Waals surface area contributed by atoms with Crippen LogP contribution in [-0.2, 0) is 0 Å². The third-order valence-electron chi connectivity index (χ3n) is 4.60. The Morgan fingerprint density at radius 3 is 2.38 bits per heavy atom. The minimum absolute atomic E-state index is 0.137. The Balaban J connectivity index is 1.65. The lowest BCUT2D eigenvalue weighted by Crippen LogP contribution is -2.43. The molecular formula is C15H20BrN3O2. The number of nitro benzene ring substituents is 1. The summed E-state index contributed by atoms with van der Waals surface area (Å²) in [4.78, 5) is 15.4. The summed E-state index contributed by atoms with van der Waals surface area (Å²) >= 11 is 3.48. The number of halogens is 1. The minimum atomic E-state index is -0.353. The molecule has 0 spiro atoms. The molecule has 2 fully saturated rings. The van der Waals surface area contributed by atoms with Crippen LogP contribution >= 0.6 is 15.9 Å². The summed E-state index contributed by atoms with van der Waals surface area (Å²) in [5, 5.41) is 10.8. The van der Waals surface area contributed by atoms with E-state index >= 15 is 0 Å². The molecule has 2 aliphatic heterocycles. The van der Waals surface area contributed by atoms with Gasteiger partial charge in [0.05, 0.1) is 10.6 Å². The first kappa shape index (κ1) is 14.8. The van der Waals surface area contributed by atoms with E-state index in [0.29, 0.717) is 0 Å². The topological polar surface area (TPSA) is 49.6 Å². The Morgan fingerprint density at radius 1 is 1.14 bits per heavy atom. The SMILES string of the molecule is O=[N+]([O-])c1ccc(N2CCC(N3CCCC3)CC2)c(Br)c1. The number of non-ortho nitro benzene ring substituents is 1. The van der Waals surface area contributed by atoms with Gasteiger partial charge >= 0.3 is 0 Å². The molecule has 1 aromatic carbocycles. The highest BCUT2D eigenvalue weighted by molar-refractivity contribution is 9.10. The number of likely N-dealkylation sites (tertiary alicyclic amines) is 1. The van der Waals surface area contributed by atoms with Crippen molar-refractivity contribution >= 4 is 27.3 Å². The van der Waals surface area contributed by atoms with E-state index in [-0.39, 0.29) is 10.6 Å². The standard InChI is InChI=1S/C15H20BrN3O2/c16-14-11-13(19(20)21)3-4-15(14)18-9-5-12(6-10-18)17-7-1-2-8-17/h3-4,11-12H,1-2,5-10H2. The number of rotatable bonds is 3. The Bertz CT molecular complexity index is 524. The van der Waals surface area contributed by atoms with Crippen molar-refractivity contribution in [3.8, 4) is 0 Å². The summed E-state index contributed by atoms with van der Waals surface area (Å²) in [7, 11) is 0. The quantitative estimate of drug-likeness (QED) is 0.617. The van der Waals surface area contributed by atoms with Crippen LogP contribution in [-0.4, -0.2) is 42.0 Å². The van der Waals surface area contributed by atoms with E-state index in [1.165, 1.54) is 38.8 Å². The van der Waals surface area contributed by atoms with Crippen molar-refractivity contribution in [2.24, 2.45) is 0 Å². The van der Waals surface area contributed by atoms with Crippen LogP contribution in [0.4, 0.5) is 11.4 Å². The zero-order chi connectivity index (χ0) is 14.8. The van der Waals surface area contributed by atoms with Gasteiger partial charge in [-0.3, -0.25) is 10.1 Å². The molecule has 0 unspecified atom stereocenters. The molecular weight excluding hydrogens is 334 g/mol. The number of anilines is 1. The lowest BCUT2D eigenvalue weighted by atomic mass is 10.0. The summed E-state index contributed by atoms with van der Waals surface area (Å²) in [5.74, 6) is 0. The number of benzene rings is 1. The van der Waals surface area contributed by atoms with Crippen LogP contribution in [0.2, 0.25) is 0 Å². The maximum Gasteiger partial charge on any atom is 0.270 e. The van der Waals surface area contributed by atoms with E-state index < -0.39 is 0 Å². The molecule has 5 nitrogen and oxygen atoms in total. The molecule has 1 aromatic rings. The van der Waals surface area contributed by atoms with Crippen LogP contribution in [0.5, 0.6) is 0 Å². The minimum Gasteiger partial charge on any atom is -0.370 e. The van der Waals surface area contributed by atoms with Crippen molar-refractivity contribution in [2.75, 3.05) is 31.1 Å². The molecule has 3 rings (SSSR count). The number of nitro groups is 1. The van der Waals surface area contributed by atoms with Gasteiger partial charge < -0.3 is 9.80 Å². The van der Waals surface area contributed by atoms with E-state index in [1.807, 2.05) is 6.07 Å². The van der Waals surface area contributed by atoms with E-state index in [4.69, 9.17) is 0 Å². The Labute approximate surface area is 133 Å². The summed E-state index contributed by atoms with van der Waals surface area (Å²) in [6.07, 6.45) is 5.05. The maximum absolute atomic E-state index is 10.8. The van der Waals surface area contributed by atoms with Gasteiger partial charge in [0.15, 0.2) is 0 Å². The summed E-state index contributed by atoms with van der Waals surface area (Å²) in [5.41, 5.74) is 1.21. The van der Waals surface area contributed by atoms with E-state index in [2.05, 4.69) is 25.7 Å². The second-order valence-corrected chi connectivity index (χ2v) is 6.71. The molecule has 0 amide bonds. The predicted octanol–water partition coefficient (Wildman–Crippen LogP) is 3.42. The number of nitrogens with zero attached hydrogens (tertiary/aromatic N) is 3. The van der Waals surface area contributed by atoms with Crippen molar-refractivity contribution in [2.45, 2.75) is 31.7 Å². The van der Waals surface area contributed by atoms with E-state index in [0.717, 1.165) is 29.3 Å². The van der Waals surface area contributed by atoms with Crippen LogP contribution < -0.4 is 4.90 Å².